The van der Waals surface area contributed by atoms with Crippen LogP contribution in [-0.4, -0.2) is 45.0 Å². The number of aromatic nitrogens is 1. The molecule has 1 aromatic heterocycles. The molecule has 1 aromatic carbocycles. The SMILES string of the molecule is O=C1Cc2cc(Nc3ccc(C4CCN(C(=O)O)CC4)cc3[N+](=O)[O-])cnc2N1. The van der Waals surface area contributed by atoms with Crippen molar-refractivity contribution in [3.8, 4) is 0 Å². The minimum atomic E-state index is -0.936. The number of carbonyl (C=O) groups excluding carboxylic acids is 1. The lowest BCUT2D eigenvalue weighted by Crippen LogP contribution is -2.36. The van der Waals surface area contributed by atoms with E-state index >= 15 is 0 Å². The Morgan fingerprint density at radius 2 is 2.07 bits per heavy atom. The van der Waals surface area contributed by atoms with Crippen LogP contribution in [0.15, 0.2) is 30.5 Å². The fourth-order valence-corrected chi connectivity index (χ4v) is 3.79. The van der Waals surface area contributed by atoms with Gasteiger partial charge in [-0.3, -0.25) is 14.9 Å². The second kappa shape index (κ2) is 7.38. The topological polar surface area (TPSA) is 138 Å². The van der Waals surface area contributed by atoms with Crippen molar-refractivity contribution in [2.24, 2.45) is 0 Å². The number of likely N-dealkylation sites (tertiary alicyclic amines) is 1. The molecule has 0 aliphatic carbocycles. The standard InChI is InChI=1S/C19H19N5O5/c25-17-9-13-7-14(10-20-18(13)22-17)21-15-2-1-12(8-16(15)24(28)29)11-3-5-23(6-4-11)19(26)27/h1-2,7-8,10-11,21H,3-6,9H2,(H,26,27)(H,20,22,25). The van der Waals surface area contributed by atoms with E-state index in [9.17, 15) is 19.7 Å². The van der Waals surface area contributed by atoms with Crippen molar-refractivity contribution in [2.45, 2.75) is 25.2 Å². The van der Waals surface area contributed by atoms with Crippen LogP contribution in [0, 0.1) is 10.1 Å². The van der Waals surface area contributed by atoms with Gasteiger partial charge in [-0.15, -0.1) is 0 Å². The number of nitrogens with zero attached hydrogens (tertiary/aromatic N) is 3. The van der Waals surface area contributed by atoms with Gasteiger partial charge in [0.05, 0.1) is 23.2 Å². The van der Waals surface area contributed by atoms with E-state index in [1.165, 1.54) is 11.1 Å². The van der Waals surface area contributed by atoms with Gasteiger partial charge in [-0.05, 0) is 36.5 Å². The normalized spacial score (nSPS) is 16.3. The summed E-state index contributed by atoms with van der Waals surface area (Å²) in [5, 5.41) is 26.4. The molecule has 0 atom stereocenters. The molecule has 3 N–H and O–H groups in total. The summed E-state index contributed by atoms with van der Waals surface area (Å²) in [7, 11) is 0. The minimum Gasteiger partial charge on any atom is -0.465 e. The van der Waals surface area contributed by atoms with E-state index in [1.807, 2.05) is 6.07 Å². The van der Waals surface area contributed by atoms with E-state index in [0.29, 0.717) is 43.1 Å². The van der Waals surface area contributed by atoms with Gasteiger partial charge in [0.15, 0.2) is 0 Å². The lowest BCUT2D eigenvalue weighted by Gasteiger charge is -2.30. The molecule has 0 spiro atoms. The zero-order chi connectivity index (χ0) is 20.5. The van der Waals surface area contributed by atoms with E-state index in [4.69, 9.17) is 5.11 Å². The molecule has 1 fully saturated rings. The first-order valence-electron chi connectivity index (χ1n) is 9.22. The van der Waals surface area contributed by atoms with Gasteiger partial charge in [-0.2, -0.15) is 0 Å². The number of hydrogen-bond donors (Lipinski definition) is 3. The number of rotatable bonds is 4. The molecule has 0 unspecified atom stereocenters. The first-order chi connectivity index (χ1) is 13.9. The second-order valence-corrected chi connectivity index (χ2v) is 7.16. The number of piperidine rings is 1. The quantitative estimate of drug-likeness (QED) is 0.532. The third-order valence-corrected chi connectivity index (χ3v) is 5.31. The summed E-state index contributed by atoms with van der Waals surface area (Å²) < 4.78 is 0. The van der Waals surface area contributed by atoms with E-state index < -0.39 is 11.0 Å². The molecule has 4 rings (SSSR count). The van der Waals surface area contributed by atoms with Gasteiger partial charge in [0.2, 0.25) is 5.91 Å². The molecule has 10 heteroatoms. The summed E-state index contributed by atoms with van der Waals surface area (Å²) in [5.74, 6) is 0.462. The highest BCUT2D eigenvalue weighted by Gasteiger charge is 2.26. The van der Waals surface area contributed by atoms with Crippen molar-refractivity contribution in [1.29, 1.82) is 0 Å². The number of anilines is 3. The Morgan fingerprint density at radius 3 is 2.76 bits per heavy atom. The third-order valence-electron chi connectivity index (χ3n) is 5.31. The van der Waals surface area contributed by atoms with Crippen molar-refractivity contribution in [2.75, 3.05) is 23.7 Å². The van der Waals surface area contributed by atoms with Gasteiger partial charge >= 0.3 is 6.09 Å². The van der Waals surface area contributed by atoms with Crippen molar-refractivity contribution in [3.63, 3.8) is 0 Å². The first kappa shape index (κ1) is 18.7. The van der Waals surface area contributed by atoms with Crippen LogP contribution in [0.2, 0.25) is 0 Å². The summed E-state index contributed by atoms with van der Waals surface area (Å²) in [6, 6.07) is 6.80. The highest BCUT2D eigenvalue weighted by atomic mass is 16.6. The highest BCUT2D eigenvalue weighted by molar-refractivity contribution is 5.98. The largest absolute Gasteiger partial charge is 0.465 e. The number of benzene rings is 1. The van der Waals surface area contributed by atoms with Gasteiger partial charge < -0.3 is 20.6 Å². The Morgan fingerprint density at radius 1 is 1.31 bits per heavy atom. The molecule has 150 valence electrons. The number of nitrogens with one attached hydrogen (secondary N) is 2. The van der Waals surface area contributed by atoms with Crippen LogP contribution in [0.4, 0.5) is 27.7 Å². The highest BCUT2D eigenvalue weighted by Crippen LogP contribution is 2.35. The summed E-state index contributed by atoms with van der Waals surface area (Å²) in [5.41, 5.74) is 2.41. The number of fused-ring (bicyclic) bond motifs is 1. The van der Waals surface area contributed by atoms with Crippen LogP contribution >= 0.6 is 0 Å². The summed E-state index contributed by atoms with van der Waals surface area (Å²) in [6.45, 7) is 0.836. The summed E-state index contributed by atoms with van der Waals surface area (Å²) in [4.78, 5) is 39.2. The molecule has 2 aliphatic rings. The Bertz CT molecular complexity index is 1000. The average molecular weight is 397 g/mol. The zero-order valence-corrected chi connectivity index (χ0v) is 15.4. The number of hydrogen-bond acceptors (Lipinski definition) is 6. The van der Waals surface area contributed by atoms with Crippen LogP contribution in [-0.2, 0) is 11.2 Å². The number of amides is 2. The summed E-state index contributed by atoms with van der Waals surface area (Å²) in [6.07, 6.45) is 2.07. The van der Waals surface area contributed by atoms with Crippen LogP contribution < -0.4 is 10.6 Å². The van der Waals surface area contributed by atoms with Gasteiger partial charge in [-0.25, -0.2) is 9.78 Å². The second-order valence-electron chi connectivity index (χ2n) is 7.16. The molecule has 2 aliphatic heterocycles. The molecular formula is C19H19N5O5. The maximum absolute atomic E-state index is 11.6. The van der Waals surface area contributed by atoms with Gasteiger partial charge in [0, 0.05) is 24.7 Å². The molecule has 29 heavy (non-hydrogen) atoms. The molecule has 1 saturated heterocycles. The first-order valence-corrected chi connectivity index (χ1v) is 9.22. The van der Waals surface area contributed by atoms with Crippen LogP contribution in [0.25, 0.3) is 0 Å². The minimum absolute atomic E-state index is 0.0575. The smallest absolute Gasteiger partial charge is 0.407 e. The number of pyridine rings is 1. The maximum Gasteiger partial charge on any atom is 0.407 e. The molecule has 0 saturated carbocycles. The zero-order valence-electron chi connectivity index (χ0n) is 15.4. The number of nitro groups is 1. The van der Waals surface area contributed by atoms with E-state index in [1.54, 1.807) is 18.2 Å². The Labute approximate surface area is 165 Å². The molecule has 0 bridgehead atoms. The van der Waals surface area contributed by atoms with Gasteiger partial charge in [-0.1, -0.05) is 6.07 Å². The number of carboxylic acid groups (broad SMARTS) is 1. The molecule has 2 amide bonds. The van der Waals surface area contributed by atoms with Crippen molar-refractivity contribution < 1.29 is 19.6 Å². The van der Waals surface area contributed by atoms with Gasteiger partial charge in [0.1, 0.15) is 11.5 Å². The summed E-state index contributed by atoms with van der Waals surface area (Å²) >= 11 is 0. The Hall–Kier alpha value is -3.69. The third kappa shape index (κ3) is 3.82. The molecule has 10 nitrogen and oxygen atoms in total. The maximum atomic E-state index is 11.6. The Kier molecular flexibility index (Phi) is 4.75. The van der Waals surface area contributed by atoms with Crippen molar-refractivity contribution in [1.82, 2.24) is 9.88 Å². The van der Waals surface area contributed by atoms with Crippen LogP contribution in [0.1, 0.15) is 29.9 Å². The van der Waals surface area contributed by atoms with Crippen molar-refractivity contribution >= 4 is 34.9 Å². The van der Waals surface area contributed by atoms with Crippen molar-refractivity contribution in [3.05, 3.63) is 51.7 Å². The lowest BCUT2D eigenvalue weighted by atomic mass is 9.89. The Balaban J connectivity index is 1.54. The lowest BCUT2D eigenvalue weighted by molar-refractivity contribution is -0.384. The molecule has 0 radical (unpaired) electrons. The monoisotopic (exact) mass is 397 g/mol. The molecule has 3 heterocycles. The fourth-order valence-electron chi connectivity index (χ4n) is 3.79. The van der Waals surface area contributed by atoms with E-state index in [2.05, 4.69) is 15.6 Å². The van der Waals surface area contributed by atoms with Crippen LogP contribution in [0.5, 0.6) is 0 Å². The fraction of sp³-hybridized carbons (Fsp3) is 0.316. The van der Waals surface area contributed by atoms with Gasteiger partial charge in [0.25, 0.3) is 5.69 Å². The predicted octanol–water partition coefficient (Wildman–Crippen LogP) is 3.09. The van der Waals surface area contributed by atoms with Crippen LogP contribution in [0.3, 0.4) is 0 Å². The molecular weight excluding hydrogens is 378 g/mol. The van der Waals surface area contributed by atoms with E-state index in [0.717, 1.165) is 11.1 Å². The molecule has 2 aromatic rings. The number of nitro benzene ring substituents is 1. The average Bonchev–Trinajstić information content (AvgIpc) is 3.07. The van der Waals surface area contributed by atoms with E-state index in [-0.39, 0.29) is 23.9 Å². The predicted molar refractivity (Wildman–Crippen MR) is 105 cm³/mol. The number of carbonyl (C=O) groups is 2.